The van der Waals surface area contributed by atoms with Gasteiger partial charge in [0.15, 0.2) is 0 Å². The summed E-state index contributed by atoms with van der Waals surface area (Å²) < 4.78 is 4.86. The molecule has 21 aromatic rings. The van der Waals surface area contributed by atoms with E-state index < -0.39 is 5.41 Å². The third-order valence-corrected chi connectivity index (χ3v) is 26.4. The van der Waals surface area contributed by atoms with Gasteiger partial charge >= 0.3 is 0 Å². The molecule has 0 aliphatic heterocycles. The van der Waals surface area contributed by atoms with Gasteiger partial charge in [-0.05, 0) is 225 Å². The Morgan fingerprint density at radius 3 is 1.33 bits per heavy atom. The van der Waals surface area contributed by atoms with Gasteiger partial charge in [0.2, 0.25) is 0 Å². The highest BCUT2D eigenvalue weighted by Gasteiger charge is 2.46. The number of rotatable bonds is 10. The molecule has 0 radical (unpaired) electrons. The number of nitrogens with zero attached hydrogens (tertiary/aromatic N) is 4. The van der Waals surface area contributed by atoms with Gasteiger partial charge in [-0.3, -0.25) is 9.97 Å². The van der Waals surface area contributed by atoms with Crippen LogP contribution >= 0.6 is 0 Å². The van der Waals surface area contributed by atoms with E-state index in [0.717, 1.165) is 55.9 Å². The molecule has 538 valence electrons. The fourth-order valence-corrected chi connectivity index (χ4v) is 21.1. The first kappa shape index (κ1) is 64.8. The minimum atomic E-state index is -0.589. The Hall–Kier alpha value is -14.8. The van der Waals surface area contributed by atoms with E-state index in [-0.39, 0.29) is 5.41 Å². The van der Waals surface area contributed by atoms with Crippen LogP contribution in [0.4, 0.5) is 0 Å². The van der Waals surface area contributed by atoms with E-state index in [1.54, 1.807) is 0 Å². The molecule has 4 aliphatic carbocycles. The van der Waals surface area contributed by atoms with Crippen molar-refractivity contribution in [1.82, 2.24) is 19.1 Å². The Kier molecular flexibility index (Phi) is 13.6. The molecule has 0 saturated heterocycles. The summed E-state index contributed by atoms with van der Waals surface area (Å²) in [7, 11) is 0. The molecule has 0 N–H and O–H groups in total. The van der Waals surface area contributed by atoms with E-state index in [2.05, 4.69) is 405 Å². The molecule has 4 aromatic heterocycles. The third-order valence-electron chi connectivity index (χ3n) is 26.4. The van der Waals surface area contributed by atoms with Crippen molar-refractivity contribution >= 4 is 65.2 Å². The smallest absolute Gasteiger partial charge is 0.0787 e. The largest absolute Gasteiger partial charge is 0.309 e. The van der Waals surface area contributed by atoms with Crippen LogP contribution in [-0.2, 0) is 10.8 Å². The molecule has 0 saturated carbocycles. The number of hydrogen-bond acceptors (Lipinski definition) is 2. The zero-order valence-electron chi connectivity index (χ0n) is 63.7. The maximum Gasteiger partial charge on any atom is 0.0787 e. The molecule has 4 heteroatoms. The lowest BCUT2D eigenvalue weighted by Crippen LogP contribution is -2.28. The van der Waals surface area contributed by atoms with Gasteiger partial charge in [-0.15, -0.1) is 0 Å². The van der Waals surface area contributed by atoms with E-state index in [1.165, 1.54) is 188 Å². The van der Waals surface area contributed by atoms with Crippen LogP contribution in [0.15, 0.2) is 389 Å². The highest BCUT2D eigenvalue weighted by Crippen LogP contribution is 2.59. The maximum atomic E-state index is 5.39. The molecular weight excluding hydrogens is 1400 g/mol. The molecule has 1 unspecified atom stereocenters. The fraction of sp³-hybridized carbons (Fsp3) is 0.0357. The summed E-state index contributed by atoms with van der Waals surface area (Å²) in [4.78, 5) is 10.6. The number of para-hydroxylation sites is 2. The van der Waals surface area contributed by atoms with Gasteiger partial charge in [0, 0.05) is 94.5 Å². The maximum absolute atomic E-state index is 5.39. The topological polar surface area (TPSA) is 35.6 Å². The normalized spacial score (nSPS) is 14.2. The minimum absolute atomic E-state index is 0.0916. The zero-order valence-corrected chi connectivity index (χ0v) is 63.7. The highest BCUT2D eigenvalue weighted by atomic mass is 15.0. The predicted molar refractivity (Wildman–Crippen MR) is 482 cm³/mol. The summed E-state index contributed by atoms with van der Waals surface area (Å²) >= 11 is 0. The van der Waals surface area contributed by atoms with Gasteiger partial charge in [-0.2, -0.15) is 0 Å². The molecule has 4 aliphatic rings. The van der Waals surface area contributed by atoms with Gasteiger partial charge in [0.25, 0.3) is 0 Å². The number of fused-ring (bicyclic) bond motifs is 18. The number of hydrogen-bond donors (Lipinski definition) is 0. The van der Waals surface area contributed by atoms with Crippen molar-refractivity contribution in [3.8, 4) is 145 Å². The summed E-state index contributed by atoms with van der Waals surface area (Å²) in [6, 6.07) is 141. The standard InChI is InChI=1S/C112H70N4/c1-111(2)97-38-14-11-32-84(97)86-51-43-74(64-100(86)111)73-48-56-104-96(63-73)95-62-71(46-55-103(95)115(104)81-28-7-4-8-29-81)68-21-17-22-75(57-68)109-108-91-52-44-69(59-92(91)90-37-20-25-78(66-113-109)106(90)108)67-41-49-80(50-42-67)112(79-26-5-3-6-27-79)98-39-15-12-33-85(98)93-60-70(45-53-99(93)112)72-47-54-102-94(61-72)87-34-13-16-40-101(87)116(102)82-30-18-23-76(58-82)110-107-89-35-10-9-31-83(89)88-36-19-24-77(65-114-110)105(88)107/h3-66H,1-2H3. The average molecular weight is 1470 g/mol. The van der Waals surface area contributed by atoms with Gasteiger partial charge in [-0.1, -0.05) is 299 Å². The van der Waals surface area contributed by atoms with Crippen molar-refractivity contribution in [2.45, 2.75) is 24.7 Å². The van der Waals surface area contributed by atoms with Gasteiger partial charge in [0.05, 0.1) is 38.9 Å². The van der Waals surface area contributed by atoms with Gasteiger partial charge in [0.1, 0.15) is 0 Å². The molecule has 0 amide bonds. The average Bonchev–Trinajstić information content (AvgIpc) is 1.54. The van der Waals surface area contributed by atoms with Crippen molar-refractivity contribution in [2.75, 3.05) is 0 Å². The van der Waals surface area contributed by atoms with Crippen LogP contribution in [-0.4, -0.2) is 19.1 Å². The van der Waals surface area contributed by atoms with Crippen molar-refractivity contribution in [2.24, 2.45) is 0 Å². The van der Waals surface area contributed by atoms with Crippen LogP contribution in [0.5, 0.6) is 0 Å². The van der Waals surface area contributed by atoms with E-state index in [1.807, 2.05) is 6.20 Å². The van der Waals surface area contributed by atoms with E-state index in [4.69, 9.17) is 9.97 Å². The second kappa shape index (κ2) is 24.3. The summed E-state index contributed by atoms with van der Waals surface area (Å²) in [5, 5.41) is 9.71. The molecule has 4 heterocycles. The quantitative estimate of drug-likeness (QED) is 0.137. The van der Waals surface area contributed by atoms with Crippen LogP contribution in [0.3, 0.4) is 0 Å². The third kappa shape index (κ3) is 9.15. The van der Waals surface area contributed by atoms with E-state index in [0.29, 0.717) is 0 Å². The summed E-state index contributed by atoms with van der Waals surface area (Å²) in [5.74, 6) is 0. The van der Waals surface area contributed by atoms with Crippen molar-refractivity contribution in [3.63, 3.8) is 0 Å². The lowest BCUT2D eigenvalue weighted by atomic mass is 9.67. The van der Waals surface area contributed by atoms with Gasteiger partial charge in [-0.25, -0.2) is 0 Å². The van der Waals surface area contributed by atoms with Crippen molar-refractivity contribution in [1.29, 1.82) is 0 Å². The van der Waals surface area contributed by atoms with Crippen molar-refractivity contribution in [3.05, 3.63) is 422 Å². The Balaban J connectivity index is 0.551. The first-order chi connectivity index (χ1) is 57.3. The molecule has 116 heavy (non-hydrogen) atoms. The number of benzene rings is 17. The highest BCUT2D eigenvalue weighted by molar-refractivity contribution is 6.21. The molecule has 0 bridgehead atoms. The summed E-state index contributed by atoms with van der Waals surface area (Å²) in [6.45, 7) is 4.73. The minimum Gasteiger partial charge on any atom is -0.309 e. The lowest BCUT2D eigenvalue weighted by Gasteiger charge is -2.34. The van der Waals surface area contributed by atoms with Crippen LogP contribution in [0.2, 0.25) is 0 Å². The number of aromatic nitrogens is 4. The van der Waals surface area contributed by atoms with Gasteiger partial charge < -0.3 is 9.13 Å². The molecule has 0 fully saturated rings. The molecule has 25 rings (SSSR count). The monoisotopic (exact) mass is 1470 g/mol. The Labute approximate surface area is 671 Å². The molecule has 4 nitrogen and oxygen atoms in total. The second-order valence-corrected chi connectivity index (χ2v) is 32.6. The summed E-state index contributed by atoms with van der Waals surface area (Å²) in [5.41, 5.74) is 42.7. The van der Waals surface area contributed by atoms with E-state index >= 15 is 0 Å². The number of pyridine rings is 2. The Morgan fingerprint density at radius 1 is 0.224 bits per heavy atom. The second-order valence-electron chi connectivity index (χ2n) is 32.6. The first-order valence-electron chi connectivity index (χ1n) is 40.4. The molecule has 17 aromatic carbocycles. The zero-order chi connectivity index (χ0) is 76.2. The molecular formula is C112H70N4. The Bertz CT molecular complexity index is 7850. The fourth-order valence-electron chi connectivity index (χ4n) is 21.1. The Morgan fingerprint density at radius 2 is 0.638 bits per heavy atom. The summed E-state index contributed by atoms with van der Waals surface area (Å²) in [6.07, 6.45) is 4.13. The van der Waals surface area contributed by atoms with Crippen LogP contribution in [0.25, 0.3) is 210 Å². The van der Waals surface area contributed by atoms with E-state index in [9.17, 15) is 0 Å². The lowest BCUT2D eigenvalue weighted by molar-refractivity contribution is 0.660. The molecule has 0 spiro atoms. The van der Waals surface area contributed by atoms with Crippen molar-refractivity contribution < 1.29 is 0 Å². The van der Waals surface area contributed by atoms with Crippen LogP contribution < -0.4 is 0 Å². The van der Waals surface area contributed by atoms with Crippen LogP contribution in [0, 0.1) is 0 Å². The first-order valence-corrected chi connectivity index (χ1v) is 40.4. The molecule has 1 atom stereocenters. The SMILES string of the molecule is CC1(C)c2ccccc2-c2ccc(-c3ccc4c(c3)c3cc(-c5cccc(-c6ncc7cccc8c7c6-c6ccc(-c7ccc(C9(c%10ccccc%10)c%10ccccc%10-c%10cc(-c%11ccc%12c(c%11)c%11ccccc%11n%12-c%11cccc(-c%12ncc%13cccc%14c%13c%12-c%12ccccc%12-%14)c%11)ccc%109)cc7)cc6-8)c5)ccc3n4-c3ccccc3)cc21. The predicted octanol–water partition coefficient (Wildman–Crippen LogP) is 28.9. The van der Waals surface area contributed by atoms with Crippen LogP contribution in [0.1, 0.15) is 47.2 Å².